The molecule has 0 spiro atoms. The molecule has 19 heavy (non-hydrogen) atoms. The summed E-state index contributed by atoms with van der Waals surface area (Å²) in [6.07, 6.45) is 1.25. The van der Waals surface area contributed by atoms with Crippen molar-refractivity contribution in [2.45, 2.75) is 13.8 Å². The summed E-state index contributed by atoms with van der Waals surface area (Å²) in [4.78, 5) is 4.07. The Kier molecular flexibility index (Phi) is 2.79. The van der Waals surface area contributed by atoms with Crippen molar-refractivity contribution in [2.75, 3.05) is 0 Å². The summed E-state index contributed by atoms with van der Waals surface area (Å²) in [5.41, 5.74) is 5.58. The molecular formula is C17H14FN. The number of hydrogen-bond donors (Lipinski definition) is 0. The van der Waals surface area contributed by atoms with E-state index in [4.69, 9.17) is 0 Å². The lowest BCUT2D eigenvalue weighted by Crippen LogP contribution is -1.86. The molecule has 0 atom stereocenters. The number of rotatable bonds is 1. The molecule has 0 aliphatic heterocycles. The third kappa shape index (κ3) is 2.22. The fourth-order valence-electron chi connectivity index (χ4n) is 2.21. The van der Waals surface area contributed by atoms with Gasteiger partial charge in [-0.1, -0.05) is 24.3 Å². The Balaban J connectivity index is 2.16. The van der Waals surface area contributed by atoms with Crippen molar-refractivity contribution in [3.05, 3.63) is 65.6 Å². The van der Waals surface area contributed by atoms with Gasteiger partial charge in [0, 0.05) is 5.39 Å². The monoisotopic (exact) mass is 251 g/mol. The molecule has 0 amide bonds. The molecule has 1 heterocycles. The fourth-order valence-corrected chi connectivity index (χ4v) is 2.21. The van der Waals surface area contributed by atoms with E-state index in [0.717, 1.165) is 22.0 Å². The summed E-state index contributed by atoms with van der Waals surface area (Å²) >= 11 is 0. The van der Waals surface area contributed by atoms with Crippen LogP contribution in [-0.4, -0.2) is 4.98 Å². The summed E-state index contributed by atoms with van der Waals surface area (Å²) in [6, 6.07) is 13.8. The number of halogens is 1. The zero-order valence-electron chi connectivity index (χ0n) is 10.9. The third-order valence-electron chi connectivity index (χ3n) is 3.49. The Morgan fingerprint density at radius 3 is 2.37 bits per heavy atom. The van der Waals surface area contributed by atoms with Gasteiger partial charge >= 0.3 is 0 Å². The smallest absolute Gasteiger partial charge is 0.142 e. The van der Waals surface area contributed by atoms with Gasteiger partial charge in [0.1, 0.15) is 5.82 Å². The average Bonchev–Trinajstić information content (AvgIpc) is 2.41. The summed E-state index contributed by atoms with van der Waals surface area (Å²) in [6.45, 7) is 4.19. The van der Waals surface area contributed by atoms with E-state index in [1.165, 1.54) is 23.4 Å². The van der Waals surface area contributed by atoms with Gasteiger partial charge in [-0.25, -0.2) is 4.39 Å². The second-order valence-electron chi connectivity index (χ2n) is 4.86. The Morgan fingerprint density at radius 2 is 1.58 bits per heavy atom. The molecule has 1 aromatic heterocycles. The number of hydrogen-bond acceptors (Lipinski definition) is 1. The average molecular weight is 251 g/mol. The van der Waals surface area contributed by atoms with Gasteiger partial charge in [-0.05, 0) is 54.3 Å². The molecule has 0 N–H and O–H groups in total. The van der Waals surface area contributed by atoms with E-state index in [0.29, 0.717) is 0 Å². The van der Waals surface area contributed by atoms with Gasteiger partial charge in [0.05, 0.1) is 11.7 Å². The zero-order valence-corrected chi connectivity index (χ0v) is 10.9. The molecule has 0 aliphatic rings. The second-order valence-corrected chi connectivity index (χ2v) is 4.86. The van der Waals surface area contributed by atoms with Crippen LogP contribution in [0.3, 0.4) is 0 Å². The molecule has 0 saturated carbocycles. The van der Waals surface area contributed by atoms with Gasteiger partial charge in [0.25, 0.3) is 0 Å². The summed E-state index contributed by atoms with van der Waals surface area (Å²) in [5, 5.41) is 0.829. The number of benzene rings is 2. The van der Waals surface area contributed by atoms with Gasteiger partial charge < -0.3 is 0 Å². The van der Waals surface area contributed by atoms with Crippen molar-refractivity contribution in [1.82, 2.24) is 4.98 Å². The standard InChI is InChI=1S/C17H14FN/c1-11-3-4-13(7-12(11)2)14-5-6-17-15(8-14)9-16(18)10-19-17/h3-10H,1-2H3. The van der Waals surface area contributed by atoms with Crippen LogP contribution in [0.4, 0.5) is 4.39 Å². The molecule has 1 nitrogen and oxygen atoms in total. The number of nitrogens with zero attached hydrogens (tertiary/aromatic N) is 1. The van der Waals surface area contributed by atoms with Crippen LogP contribution in [0.1, 0.15) is 11.1 Å². The molecule has 0 aliphatic carbocycles. The number of pyridine rings is 1. The normalized spacial score (nSPS) is 10.9. The first-order chi connectivity index (χ1) is 9.13. The Bertz CT molecular complexity index is 762. The Morgan fingerprint density at radius 1 is 0.842 bits per heavy atom. The van der Waals surface area contributed by atoms with Crippen LogP contribution in [0, 0.1) is 19.7 Å². The van der Waals surface area contributed by atoms with E-state index in [1.54, 1.807) is 0 Å². The molecule has 3 rings (SSSR count). The zero-order chi connectivity index (χ0) is 13.4. The van der Waals surface area contributed by atoms with Crippen molar-refractivity contribution in [2.24, 2.45) is 0 Å². The minimum Gasteiger partial charge on any atom is -0.253 e. The van der Waals surface area contributed by atoms with E-state index in [1.807, 2.05) is 18.2 Å². The lowest BCUT2D eigenvalue weighted by atomic mass is 9.99. The van der Waals surface area contributed by atoms with Crippen LogP contribution in [0.2, 0.25) is 0 Å². The molecule has 0 fully saturated rings. The van der Waals surface area contributed by atoms with Gasteiger partial charge in [-0.3, -0.25) is 4.98 Å². The van der Waals surface area contributed by atoms with E-state index < -0.39 is 0 Å². The highest BCUT2D eigenvalue weighted by atomic mass is 19.1. The highest BCUT2D eigenvalue weighted by molar-refractivity contribution is 5.84. The molecule has 2 heteroatoms. The minimum atomic E-state index is -0.301. The summed E-state index contributed by atoms with van der Waals surface area (Å²) in [5.74, 6) is -0.301. The first kappa shape index (κ1) is 11.8. The summed E-state index contributed by atoms with van der Waals surface area (Å²) in [7, 11) is 0. The molecule has 0 radical (unpaired) electrons. The van der Waals surface area contributed by atoms with Crippen LogP contribution in [-0.2, 0) is 0 Å². The molecule has 94 valence electrons. The topological polar surface area (TPSA) is 12.9 Å². The van der Waals surface area contributed by atoms with Crippen molar-refractivity contribution >= 4 is 10.9 Å². The highest BCUT2D eigenvalue weighted by Crippen LogP contribution is 2.25. The van der Waals surface area contributed by atoms with E-state index >= 15 is 0 Å². The summed E-state index contributed by atoms with van der Waals surface area (Å²) < 4.78 is 13.2. The third-order valence-corrected chi connectivity index (χ3v) is 3.49. The Hall–Kier alpha value is -2.22. The lowest BCUT2D eigenvalue weighted by Gasteiger charge is -2.07. The van der Waals surface area contributed by atoms with E-state index in [2.05, 4.69) is 37.0 Å². The van der Waals surface area contributed by atoms with Gasteiger partial charge in [0.15, 0.2) is 0 Å². The molecule has 0 saturated heterocycles. The predicted octanol–water partition coefficient (Wildman–Crippen LogP) is 4.66. The van der Waals surface area contributed by atoms with Crippen molar-refractivity contribution in [3.8, 4) is 11.1 Å². The number of aromatic nitrogens is 1. The maximum Gasteiger partial charge on any atom is 0.142 e. The van der Waals surface area contributed by atoms with Crippen LogP contribution < -0.4 is 0 Å². The van der Waals surface area contributed by atoms with E-state index in [-0.39, 0.29) is 5.82 Å². The Labute approximate surface area is 111 Å². The quantitative estimate of drug-likeness (QED) is 0.613. The van der Waals surface area contributed by atoms with Crippen LogP contribution in [0.5, 0.6) is 0 Å². The molecule has 0 bridgehead atoms. The van der Waals surface area contributed by atoms with Crippen LogP contribution >= 0.6 is 0 Å². The molecule has 3 aromatic rings. The molecule has 2 aromatic carbocycles. The van der Waals surface area contributed by atoms with Crippen molar-refractivity contribution < 1.29 is 4.39 Å². The SMILES string of the molecule is Cc1ccc(-c2ccc3ncc(F)cc3c2)cc1C. The maximum absolute atomic E-state index is 13.2. The van der Waals surface area contributed by atoms with E-state index in [9.17, 15) is 4.39 Å². The van der Waals surface area contributed by atoms with Crippen molar-refractivity contribution in [1.29, 1.82) is 0 Å². The largest absolute Gasteiger partial charge is 0.253 e. The lowest BCUT2D eigenvalue weighted by molar-refractivity contribution is 0.624. The number of fused-ring (bicyclic) bond motifs is 1. The fraction of sp³-hybridized carbons (Fsp3) is 0.118. The van der Waals surface area contributed by atoms with Crippen LogP contribution in [0.15, 0.2) is 48.7 Å². The predicted molar refractivity (Wildman–Crippen MR) is 76.6 cm³/mol. The van der Waals surface area contributed by atoms with Crippen LogP contribution in [0.25, 0.3) is 22.0 Å². The molecular weight excluding hydrogens is 237 g/mol. The first-order valence-corrected chi connectivity index (χ1v) is 6.26. The van der Waals surface area contributed by atoms with Crippen molar-refractivity contribution in [3.63, 3.8) is 0 Å². The highest BCUT2D eigenvalue weighted by Gasteiger charge is 2.03. The maximum atomic E-state index is 13.2. The number of aryl methyl sites for hydroxylation is 2. The van der Waals surface area contributed by atoms with Gasteiger partial charge in [-0.2, -0.15) is 0 Å². The van der Waals surface area contributed by atoms with Gasteiger partial charge in [-0.15, -0.1) is 0 Å². The van der Waals surface area contributed by atoms with Gasteiger partial charge in [0.2, 0.25) is 0 Å². The second kappa shape index (κ2) is 4.47. The first-order valence-electron chi connectivity index (χ1n) is 6.26. The minimum absolute atomic E-state index is 0.301. The molecule has 0 unspecified atom stereocenters.